The van der Waals surface area contributed by atoms with Gasteiger partial charge in [-0.1, -0.05) is 12.1 Å². The fourth-order valence-corrected chi connectivity index (χ4v) is 5.67. The molecule has 212 valence electrons. The highest BCUT2D eigenvalue weighted by Crippen LogP contribution is 2.53. The van der Waals surface area contributed by atoms with Crippen LogP contribution < -0.4 is 9.47 Å². The number of phenols is 8. The van der Waals surface area contributed by atoms with E-state index in [1.165, 1.54) is 48.5 Å². The number of phenolic OH excluding ortho intramolecular Hbond substituents is 8. The van der Waals surface area contributed by atoms with E-state index < -0.39 is 41.5 Å². The van der Waals surface area contributed by atoms with Gasteiger partial charge in [0.2, 0.25) is 0 Å². The summed E-state index contributed by atoms with van der Waals surface area (Å²) in [5, 5.41) is 93.5. The first-order valence-corrected chi connectivity index (χ1v) is 12.7. The summed E-state index contributed by atoms with van der Waals surface area (Å²) in [7, 11) is 0. The molecule has 0 fully saturated rings. The average molecular weight is 563 g/mol. The van der Waals surface area contributed by atoms with Crippen LogP contribution in [0.1, 0.15) is 39.8 Å². The van der Waals surface area contributed by atoms with Gasteiger partial charge in [0.1, 0.15) is 46.7 Å². The standard InChI is InChI=1S/C30H26O11/c31-14-7-19(34)15-10-26(40-25(15)8-14)27(12-1-3-17(32)21(36)5-12)28-23(38)11-20(35)16-9-24(39)29(41-30(16)28)13-2-4-18(33)22(37)6-13/h1-8,11,24,26-27,29,31-39H,9-10H2/t24-,26-,27+,29+/m0/s1. The zero-order valence-corrected chi connectivity index (χ0v) is 21.3. The Hall–Kier alpha value is -5.16. The van der Waals surface area contributed by atoms with Crippen LogP contribution in [0.5, 0.6) is 57.5 Å². The lowest BCUT2D eigenvalue weighted by atomic mass is 9.81. The Morgan fingerprint density at radius 3 is 2.00 bits per heavy atom. The van der Waals surface area contributed by atoms with E-state index in [0.717, 1.165) is 6.07 Å². The molecule has 2 aliphatic heterocycles. The summed E-state index contributed by atoms with van der Waals surface area (Å²) in [5.41, 5.74) is 1.41. The summed E-state index contributed by atoms with van der Waals surface area (Å²) in [6, 6.07) is 11.6. The first kappa shape index (κ1) is 26.1. The summed E-state index contributed by atoms with van der Waals surface area (Å²) in [4.78, 5) is 0. The molecule has 0 bridgehead atoms. The Labute approximate surface area is 232 Å². The minimum Gasteiger partial charge on any atom is -0.508 e. The molecule has 9 N–H and O–H groups in total. The number of hydrogen-bond acceptors (Lipinski definition) is 11. The third kappa shape index (κ3) is 4.36. The maximum Gasteiger partial charge on any atom is 0.157 e. The molecule has 2 heterocycles. The van der Waals surface area contributed by atoms with Gasteiger partial charge in [0.15, 0.2) is 23.0 Å². The molecule has 11 nitrogen and oxygen atoms in total. The minimum absolute atomic E-state index is 0.0227. The zero-order chi connectivity index (χ0) is 29.2. The van der Waals surface area contributed by atoms with Crippen molar-refractivity contribution >= 4 is 0 Å². The van der Waals surface area contributed by atoms with Gasteiger partial charge in [0.05, 0.1) is 12.0 Å². The van der Waals surface area contributed by atoms with Gasteiger partial charge in [-0.25, -0.2) is 0 Å². The van der Waals surface area contributed by atoms with Crippen LogP contribution in [0.25, 0.3) is 0 Å². The Kier molecular flexibility index (Phi) is 6.04. The Morgan fingerprint density at radius 2 is 1.29 bits per heavy atom. The van der Waals surface area contributed by atoms with Crippen LogP contribution in [-0.2, 0) is 12.8 Å². The van der Waals surface area contributed by atoms with E-state index in [-0.39, 0.29) is 64.2 Å². The smallest absolute Gasteiger partial charge is 0.157 e. The van der Waals surface area contributed by atoms with Gasteiger partial charge in [-0.15, -0.1) is 0 Å². The van der Waals surface area contributed by atoms with Crippen molar-refractivity contribution in [2.75, 3.05) is 0 Å². The topological polar surface area (TPSA) is 201 Å². The van der Waals surface area contributed by atoms with Gasteiger partial charge < -0.3 is 55.4 Å². The lowest BCUT2D eigenvalue weighted by Gasteiger charge is -2.35. The van der Waals surface area contributed by atoms with Gasteiger partial charge >= 0.3 is 0 Å². The zero-order valence-electron chi connectivity index (χ0n) is 21.3. The molecule has 4 aromatic rings. The van der Waals surface area contributed by atoms with Gasteiger partial charge in [-0.2, -0.15) is 0 Å². The van der Waals surface area contributed by atoms with Gasteiger partial charge in [-0.3, -0.25) is 0 Å². The Balaban J connectivity index is 1.52. The molecule has 4 aromatic carbocycles. The number of ether oxygens (including phenoxy) is 2. The minimum atomic E-state index is -1.18. The molecule has 0 saturated carbocycles. The molecule has 0 amide bonds. The van der Waals surface area contributed by atoms with E-state index in [1.54, 1.807) is 0 Å². The number of fused-ring (bicyclic) bond motifs is 2. The van der Waals surface area contributed by atoms with E-state index in [1.807, 2.05) is 0 Å². The molecule has 2 aliphatic rings. The quantitative estimate of drug-likeness (QED) is 0.165. The molecule has 0 aliphatic carbocycles. The summed E-state index contributed by atoms with van der Waals surface area (Å²) >= 11 is 0. The molecule has 0 saturated heterocycles. The van der Waals surface area contributed by atoms with E-state index >= 15 is 0 Å². The summed E-state index contributed by atoms with van der Waals surface area (Å²) in [6.07, 6.45) is -3.09. The molecule has 4 atom stereocenters. The van der Waals surface area contributed by atoms with E-state index in [9.17, 15) is 46.0 Å². The van der Waals surface area contributed by atoms with E-state index in [2.05, 4.69) is 0 Å². The second-order valence-electron chi connectivity index (χ2n) is 10.2. The third-order valence-electron chi connectivity index (χ3n) is 7.61. The van der Waals surface area contributed by atoms with Crippen molar-refractivity contribution in [2.45, 2.75) is 37.1 Å². The fourth-order valence-electron chi connectivity index (χ4n) is 5.67. The van der Waals surface area contributed by atoms with Crippen LogP contribution in [0.4, 0.5) is 0 Å². The summed E-state index contributed by atoms with van der Waals surface area (Å²) in [6.45, 7) is 0. The molecular formula is C30H26O11. The predicted molar refractivity (Wildman–Crippen MR) is 142 cm³/mol. The molecule has 11 heteroatoms. The van der Waals surface area contributed by atoms with Crippen molar-refractivity contribution in [3.05, 3.63) is 82.4 Å². The molecule has 0 radical (unpaired) electrons. The van der Waals surface area contributed by atoms with Crippen molar-refractivity contribution in [1.29, 1.82) is 0 Å². The molecule has 6 rings (SSSR count). The van der Waals surface area contributed by atoms with Gasteiger partial charge in [0, 0.05) is 47.7 Å². The predicted octanol–water partition coefficient (Wildman–Crippen LogP) is 3.50. The molecule has 0 unspecified atom stereocenters. The third-order valence-corrected chi connectivity index (χ3v) is 7.61. The largest absolute Gasteiger partial charge is 0.508 e. The maximum absolute atomic E-state index is 11.2. The number of aliphatic hydroxyl groups is 1. The van der Waals surface area contributed by atoms with Crippen molar-refractivity contribution in [3.63, 3.8) is 0 Å². The van der Waals surface area contributed by atoms with Crippen LogP contribution in [0.15, 0.2) is 54.6 Å². The normalized spacial score (nSPS) is 20.0. The summed E-state index contributed by atoms with van der Waals surface area (Å²) in [5.74, 6) is -3.47. The molecule has 0 spiro atoms. The van der Waals surface area contributed by atoms with Crippen LogP contribution in [0.2, 0.25) is 0 Å². The highest BCUT2D eigenvalue weighted by molar-refractivity contribution is 5.63. The maximum atomic E-state index is 11.2. The second-order valence-corrected chi connectivity index (χ2v) is 10.2. The van der Waals surface area contributed by atoms with Crippen molar-refractivity contribution in [1.82, 2.24) is 0 Å². The van der Waals surface area contributed by atoms with Crippen LogP contribution in [0.3, 0.4) is 0 Å². The number of aromatic hydroxyl groups is 8. The first-order valence-electron chi connectivity index (χ1n) is 12.7. The Morgan fingerprint density at radius 1 is 0.610 bits per heavy atom. The van der Waals surface area contributed by atoms with Gasteiger partial charge in [-0.05, 0) is 35.4 Å². The van der Waals surface area contributed by atoms with E-state index in [0.29, 0.717) is 16.7 Å². The SMILES string of the molecule is Oc1cc(O)c2c(c1)O[C@H]([C@@H](c1ccc(O)c(O)c1)c1c(O)cc(O)c3c1O[C@H](c1ccc(O)c(O)c1)[C@@H](O)C3)C2. The highest BCUT2D eigenvalue weighted by atomic mass is 16.5. The van der Waals surface area contributed by atoms with Crippen LogP contribution in [-0.4, -0.2) is 58.2 Å². The lowest BCUT2D eigenvalue weighted by molar-refractivity contribution is 0.0183. The molecular weight excluding hydrogens is 536 g/mol. The number of aliphatic hydroxyl groups excluding tert-OH is 1. The van der Waals surface area contributed by atoms with Crippen LogP contribution >= 0.6 is 0 Å². The lowest BCUT2D eigenvalue weighted by Crippen LogP contribution is -2.32. The molecule has 41 heavy (non-hydrogen) atoms. The fraction of sp³-hybridized carbons (Fsp3) is 0.200. The summed E-state index contributed by atoms with van der Waals surface area (Å²) < 4.78 is 12.4. The second kappa shape index (κ2) is 9.49. The monoisotopic (exact) mass is 562 g/mol. The molecule has 0 aromatic heterocycles. The van der Waals surface area contributed by atoms with E-state index in [4.69, 9.17) is 9.47 Å². The van der Waals surface area contributed by atoms with Crippen molar-refractivity contribution in [3.8, 4) is 57.5 Å². The highest BCUT2D eigenvalue weighted by Gasteiger charge is 2.42. The van der Waals surface area contributed by atoms with Crippen molar-refractivity contribution < 1.29 is 55.4 Å². The number of hydrogen-bond donors (Lipinski definition) is 9. The number of benzene rings is 4. The van der Waals surface area contributed by atoms with Gasteiger partial charge in [0.25, 0.3) is 0 Å². The number of rotatable bonds is 4. The van der Waals surface area contributed by atoms with Crippen molar-refractivity contribution in [2.24, 2.45) is 0 Å². The Bertz CT molecular complexity index is 1680. The van der Waals surface area contributed by atoms with Crippen LogP contribution in [0, 0.1) is 0 Å². The first-order chi connectivity index (χ1) is 19.5. The average Bonchev–Trinajstić information content (AvgIpc) is 3.34.